The lowest BCUT2D eigenvalue weighted by molar-refractivity contribution is 0.591. The van der Waals surface area contributed by atoms with Gasteiger partial charge in [-0.05, 0) is 112 Å². The summed E-state index contributed by atoms with van der Waals surface area (Å²) in [6.07, 6.45) is 0. The average molecular weight is 869 g/mol. The summed E-state index contributed by atoms with van der Waals surface area (Å²) in [6, 6.07) is 77.6. The number of furan rings is 2. The van der Waals surface area contributed by atoms with Gasteiger partial charge in [-0.25, -0.2) is 0 Å². The van der Waals surface area contributed by atoms with Crippen molar-refractivity contribution in [2.75, 3.05) is 0 Å². The second-order valence-electron chi connectivity index (χ2n) is 19.4. The van der Waals surface area contributed by atoms with Crippen LogP contribution in [0.1, 0.15) is 26.3 Å². The highest BCUT2D eigenvalue weighted by Crippen LogP contribution is 2.53. The fourth-order valence-electron chi connectivity index (χ4n) is 11.6. The predicted molar refractivity (Wildman–Crippen MR) is 289 cm³/mol. The Kier molecular flexibility index (Phi) is 8.28. The summed E-state index contributed by atoms with van der Waals surface area (Å²) in [6.45, 7) is 6.91. The molecule has 320 valence electrons. The summed E-state index contributed by atoms with van der Waals surface area (Å²) < 4.78 is 14.4. The van der Waals surface area contributed by atoms with Crippen molar-refractivity contribution in [3.63, 3.8) is 0 Å². The Morgan fingerprint density at radius 1 is 0.294 bits per heavy atom. The van der Waals surface area contributed by atoms with Crippen molar-refractivity contribution >= 4 is 97.7 Å². The molecule has 0 aliphatic carbocycles. The summed E-state index contributed by atoms with van der Waals surface area (Å²) in [7, 11) is 0. The van der Waals surface area contributed by atoms with E-state index >= 15 is 0 Å². The molecule has 14 aromatic rings. The molecule has 0 spiro atoms. The molecule has 12 aromatic carbocycles. The fraction of sp³-hybridized carbons (Fsp3) is 0.0606. The minimum absolute atomic E-state index is 0.0499. The molecule has 68 heavy (non-hydrogen) atoms. The van der Waals surface area contributed by atoms with Crippen LogP contribution in [0.2, 0.25) is 0 Å². The van der Waals surface area contributed by atoms with Crippen molar-refractivity contribution in [2.24, 2.45) is 0 Å². The van der Waals surface area contributed by atoms with E-state index in [4.69, 9.17) is 8.83 Å². The maximum atomic E-state index is 7.23. The molecule has 0 atom stereocenters. The van der Waals surface area contributed by atoms with E-state index in [1.807, 2.05) is 0 Å². The largest absolute Gasteiger partial charge is 0.455 e. The third kappa shape index (κ3) is 5.58. The van der Waals surface area contributed by atoms with Gasteiger partial charge in [-0.2, -0.15) is 0 Å². The molecular weight excluding hydrogens is 825 g/mol. The molecule has 2 heteroatoms. The monoisotopic (exact) mass is 868 g/mol. The first-order valence-electron chi connectivity index (χ1n) is 23.7. The maximum absolute atomic E-state index is 7.23. The summed E-state index contributed by atoms with van der Waals surface area (Å²) in [5, 5.41) is 16.2. The molecule has 2 heterocycles. The molecule has 0 saturated carbocycles. The van der Waals surface area contributed by atoms with Crippen LogP contribution in [0.4, 0.5) is 0 Å². The molecule has 0 amide bonds. The fourth-order valence-corrected chi connectivity index (χ4v) is 11.6. The van der Waals surface area contributed by atoms with E-state index in [1.54, 1.807) is 0 Å². The van der Waals surface area contributed by atoms with Crippen molar-refractivity contribution in [1.82, 2.24) is 0 Å². The van der Waals surface area contributed by atoms with Crippen LogP contribution < -0.4 is 0 Å². The number of benzene rings is 12. The zero-order chi connectivity index (χ0) is 45.3. The van der Waals surface area contributed by atoms with Gasteiger partial charge in [0.1, 0.15) is 22.3 Å². The van der Waals surface area contributed by atoms with Crippen LogP contribution in [0.15, 0.2) is 221 Å². The van der Waals surface area contributed by atoms with Crippen LogP contribution in [0.25, 0.3) is 142 Å². The van der Waals surface area contributed by atoms with E-state index in [2.05, 4.69) is 233 Å². The van der Waals surface area contributed by atoms with Crippen molar-refractivity contribution in [3.8, 4) is 44.5 Å². The minimum atomic E-state index is -0.0499. The smallest absolute Gasteiger partial charge is 0.143 e. The van der Waals surface area contributed by atoms with Crippen LogP contribution >= 0.6 is 0 Å². The van der Waals surface area contributed by atoms with Gasteiger partial charge in [0.15, 0.2) is 0 Å². The van der Waals surface area contributed by atoms with E-state index in [0.29, 0.717) is 0 Å². The predicted octanol–water partition coefficient (Wildman–Crippen LogP) is 19.2. The average Bonchev–Trinajstić information content (AvgIpc) is 3.97. The Morgan fingerprint density at radius 2 is 0.647 bits per heavy atom. The highest BCUT2D eigenvalue weighted by Gasteiger charge is 2.28. The van der Waals surface area contributed by atoms with Crippen LogP contribution in [-0.4, -0.2) is 0 Å². The number of hydrogen-bond donors (Lipinski definition) is 0. The number of para-hydroxylation sites is 2. The second kappa shape index (κ2) is 14.5. The van der Waals surface area contributed by atoms with E-state index in [9.17, 15) is 0 Å². The highest BCUT2D eigenvalue weighted by molar-refractivity contribution is 6.37. The van der Waals surface area contributed by atoms with Crippen LogP contribution in [0.3, 0.4) is 0 Å². The summed E-state index contributed by atoms with van der Waals surface area (Å²) in [4.78, 5) is 0. The summed E-state index contributed by atoms with van der Waals surface area (Å²) in [5.41, 5.74) is 14.1. The Hall–Kier alpha value is -8.46. The molecule has 0 N–H and O–H groups in total. The van der Waals surface area contributed by atoms with Gasteiger partial charge in [-0.1, -0.05) is 203 Å². The Bertz CT molecular complexity index is 4330. The molecule has 0 aliphatic rings. The first-order valence-corrected chi connectivity index (χ1v) is 23.7. The number of rotatable bonds is 4. The van der Waals surface area contributed by atoms with Gasteiger partial charge in [0.05, 0.1) is 0 Å². The molecule has 0 saturated heterocycles. The van der Waals surface area contributed by atoms with E-state index in [1.165, 1.54) is 82.0 Å². The minimum Gasteiger partial charge on any atom is -0.455 e. The molecule has 0 bridgehead atoms. The van der Waals surface area contributed by atoms with Gasteiger partial charge in [0.2, 0.25) is 0 Å². The molecule has 0 aliphatic heterocycles. The lowest BCUT2D eigenvalue weighted by Crippen LogP contribution is -2.10. The molecule has 0 fully saturated rings. The molecule has 0 unspecified atom stereocenters. The number of hydrogen-bond acceptors (Lipinski definition) is 2. The van der Waals surface area contributed by atoms with Gasteiger partial charge in [-0.3, -0.25) is 0 Å². The molecule has 2 nitrogen and oxygen atoms in total. The summed E-state index contributed by atoms with van der Waals surface area (Å²) >= 11 is 0. The summed E-state index contributed by atoms with van der Waals surface area (Å²) in [5.74, 6) is 0. The van der Waals surface area contributed by atoms with Crippen LogP contribution in [0, 0.1) is 0 Å². The maximum Gasteiger partial charge on any atom is 0.143 e. The van der Waals surface area contributed by atoms with Gasteiger partial charge in [0, 0.05) is 49.2 Å². The third-order valence-corrected chi connectivity index (χ3v) is 14.6. The van der Waals surface area contributed by atoms with Gasteiger partial charge in [-0.15, -0.1) is 0 Å². The van der Waals surface area contributed by atoms with Crippen molar-refractivity contribution in [1.29, 1.82) is 0 Å². The molecule has 2 aromatic heterocycles. The highest BCUT2D eigenvalue weighted by atomic mass is 16.3. The molecule has 14 rings (SSSR count). The van der Waals surface area contributed by atoms with Crippen LogP contribution in [0.5, 0.6) is 0 Å². The second-order valence-corrected chi connectivity index (χ2v) is 19.4. The van der Waals surface area contributed by atoms with Crippen molar-refractivity contribution < 1.29 is 8.83 Å². The van der Waals surface area contributed by atoms with Crippen molar-refractivity contribution in [2.45, 2.75) is 26.2 Å². The molecule has 0 radical (unpaired) electrons. The van der Waals surface area contributed by atoms with Gasteiger partial charge < -0.3 is 8.83 Å². The normalized spacial score (nSPS) is 12.3. The zero-order valence-electron chi connectivity index (χ0n) is 38.0. The Morgan fingerprint density at radius 3 is 1.07 bits per heavy atom. The lowest BCUT2D eigenvalue weighted by atomic mass is 9.80. The topological polar surface area (TPSA) is 26.3 Å². The first kappa shape index (κ1) is 38.8. The Balaban J connectivity index is 1.20. The third-order valence-electron chi connectivity index (χ3n) is 14.6. The quantitative estimate of drug-likeness (QED) is 0.165. The first-order chi connectivity index (χ1) is 33.4. The van der Waals surface area contributed by atoms with Gasteiger partial charge >= 0.3 is 0 Å². The standard InChI is InChI=1S/C66H44O2/c1-66(2,3)42-34-35-49-52(38-42)58(40-22-8-5-9-23-40)45-26-12-15-29-48(45)61(49)54-37-41-36-53(60-46-27-13-10-24-43(46)57(39-20-6-4-7-21-39)44-25-11-14-28-47(44)60)64-62(50-30-16-18-32-55(50)67-64)59(41)63-51-31-17-19-33-56(51)68-65(54)63/h4-38H,1-3H3. The van der Waals surface area contributed by atoms with E-state index < -0.39 is 0 Å². The molecular formula is C66H44O2. The van der Waals surface area contributed by atoms with Gasteiger partial charge in [0.25, 0.3) is 0 Å². The SMILES string of the molecule is CC(C)(C)c1ccc2c(-c3cc4cc(-c5c6ccccc6c(-c6ccccc6)c6ccccc56)c5oc6ccccc6c5c4c4c3oc3ccccc34)c3ccccc3c(-c3ccccc3)c2c1. The number of fused-ring (bicyclic) bond motifs is 13. The van der Waals surface area contributed by atoms with E-state index in [0.717, 1.165) is 65.8 Å². The lowest BCUT2D eigenvalue weighted by Gasteiger charge is -2.23. The van der Waals surface area contributed by atoms with Crippen LogP contribution in [-0.2, 0) is 5.41 Å². The van der Waals surface area contributed by atoms with Crippen molar-refractivity contribution in [3.05, 3.63) is 218 Å². The van der Waals surface area contributed by atoms with E-state index in [-0.39, 0.29) is 5.41 Å². The Labute approximate surface area is 393 Å². The zero-order valence-corrected chi connectivity index (χ0v) is 38.0.